The Morgan fingerprint density at radius 1 is 1.03 bits per heavy atom. The molecular formula is C27H25N3O5. The zero-order valence-electron chi connectivity index (χ0n) is 19.7. The molecule has 2 heterocycles. The highest BCUT2D eigenvalue weighted by Crippen LogP contribution is 2.19. The highest BCUT2D eigenvalue weighted by atomic mass is 16.5. The van der Waals surface area contributed by atoms with Crippen LogP contribution in [0.5, 0.6) is 11.5 Å². The second-order valence-electron chi connectivity index (χ2n) is 7.89. The molecule has 0 saturated carbocycles. The maximum Gasteiger partial charge on any atom is 0.244 e. The average molecular weight is 472 g/mol. The Kier molecular flexibility index (Phi) is 6.91. The first-order valence-corrected chi connectivity index (χ1v) is 11.1. The summed E-state index contributed by atoms with van der Waals surface area (Å²) in [5.41, 5.74) is 1.43. The molecule has 0 saturated heterocycles. The quantitative estimate of drug-likeness (QED) is 0.390. The van der Waals surface area contributed by atoms with Gasteiger partial charge in [-0.25, -0.2) is 4.98 Å². The zero-order valence-corrected chi connectivity index (χ0v) is 19.7. The third-order valence-corrected chi connectivity index (χ3v) is 5.40. The lowest BCUT2D eigenvalue weighted by Crippen LogP contribution is -2.25. The molecule has 8 heteroatoms. The summed E-state index contributed by atoms with van der Waals surface area (Å²) in [4.78, 5) is 43.8. The largest absolute Gasteiger partial charge is 0.497 e. The molecule has 35 heavy (non-hydrogen) atoms. The molecule has 0 aliphatic rings. The number of methoxy groups -OCH3 is 1. The standard InChI is InChI=1S/C27H25N3O5/c1-4-35-20-11-9-19(10-12-20)29-24(31)16-30-15-23(25(32)18-6-5-7-21(14-18)34-3)26(33)22-13-8-17(2)28-27(22)30/h5-15H,4,16H2,1-3H3,(H,29,31). The van der Waals surface area contributed by atoms with Crippen molar-refractivity contribution in [3.8, 4) is 11.5 Å². The molecule has 0 unspecified atom stereocenters. The number of aryl methyl sites for hydroxylation is 1. The summed E-state index contributed by atoms with van der Waals surface area (Å²) < 4.78 is 12.2. The normalized spacial score (nSPS) is 10.7. The number of hydrogen-bond donors (Lipinski definition) is 1. The number of ketones is 1. The summed E-state index contributed by atoms with van der Waals surface area (Å²) in [5.74, 6) is 0.417. The van der Waals surface area contributed by atoms with Crippen LogP contribution in [0.4, 0.5) is 5.69 Å². The molecule has 1 N–H and O–H groups in total. The first-order valence-electron chi connectivity index (χ1n) is 11.1. The first kappa shape index (κ1) is 23.7. The summed E-state index contributed by atoms with van der Waals surface area (Å²) in [5, 5.41) is 3.09. The van der Waals surface area contributed by atoms with Crippen LogP contribution in [0, 0.1) is 6.92 Å². The molecule has 2 aromatic heterocycles. The SMILES string of the molecule is CCOc1ccc(NC(=O)Cn2cc(C(=O)c3cccc(OC)c3)c(=O)c3ccc(C)nc32)cc1. The molecule has 178 valence electrons. The van der Waals surface area contributed by atoms with Gasteiger partial charge in [-0.3, -0.25) is 14.4 Å². The van der Waals surface area contributed by atoms with E-state index in [-0.39, 0.29) is 23.4 Å². The summed E-state index contributed by atoms with van der Waals surface area (Å²) in [7, 11) is 1.50. The number of rotatable bonds is 8. The van der Waals surface area contributed by atoms with Crippen LogP contribution in [0.3, 0.4) is 0 Å². The second kappa shape index (κ2) is 10.2. The third-order valence-electron chi connectivity index (χ3n) is 5.40. The van der Waals surface area contributed by atoms with Crippen molar-refractivity contribution in [1.29, 1.82) is 0 Å². The van der Waals surface area contributed by atoms with E-state index in [1.807, 2.05) is 6.92 Å². The van der Waals surface area contributed by atoms with Crippen LogP contribution >= 0.6 is 0 Å². The van der Waals surface area contributed by atoms with E-state index in [4.69, 9.17) is 9.47 Å². The van der Waals surface area contributed by atoms with Gasteiger partial charge in [-0.15, -0.1) is 0 Å². The minimum Gasteiger partial charge on any atom is -0.497 e. The van der Waals surface area contributed by atoms with Gasteiger partial charge in [0, 0.05) is 23.1 Å². The van der Waals surface area contributed by atoms with Gasteiger partial charge in [-0.1, -0.05) is 12.1 Å². The van der Waals surface area contributed by atoms with Gasteiger partial charge in [-0.05, 0) is 62.4 Å². The molecule has 8 nitrogen and oxygen atoms in total. The second-order valence-corrected chi connectivity index (χ2v) is 7.89. The van der Waals surface area contributed by atoms with Crippen LogP contribution in [0.15, 0.2) is 71.7 Å². The van der Waals surface area contributed by atoms with E-state index in [1.54, 1.807) is 67.6 Å². The molecule has 0 spiro atoms. The molecule has 0 radical (unpaired) electrons. The summed E-state index contributed by atoms with van der Waals surface area (Å²) >= 11 is 0. The molecule has 0 atom stereocenters. The van der Waals surface area contributed by atoms with Crippen LogP contribution in [-0.4, -0.2) is 35.0 Å². The molecule has 0 aliphatic carbocycles. The number of pyridine rings is 2. The van der Waals surface area contributed by atoms with Gasteiger partial charge in [0.2, 0.25) is 11.3 Å². The summed E-state index contributed by atoms with van der Waals surface area (Å²) in [6.07, 6.45) is 1.40. The van der Waals surface area contributed by atoms with Crippen LogP contribution in [0.1, 0.15) is 28.5 Å². The van der Waals surface area contributed by atoms with Crippen molar-refractivity contribution in [3.63, 3.8) is 0 Å². The van der Waals surface area contributed by atoms with Gasteiger partial charge in [0.25, 0.3) is 0 Å². The van der Waals surface area contributed by atoms with Crippen LogP contribution < -0.4 is 20.2 Å². The van der Waals surface area contributed by atoms with E-state index in [0.29, 0.717) is 40.7 Å². The number of nitrogens with one attached hydrogen (secondary N) is 1. The molecule has 4 rings (SSSR count). The molecule has 1 amide bonds. The number of aromatic nitrogens is 2. The Balaban J connectivity index is 1.70. The smallest absolute Gasteiger partial charge is 0.244 e. The van der Waals surface area contributed by atoms with Crippen molar-refractivity contribution in [2.45, 2.75) is 20.4 Å². The Labute approximate surface area is 202 Å². The van der Waals surface area contributed by atoms with Crippen molar-refractivity contribution in [2.24, 2.45) is 0 Å². The molecular weight excluding hydrogens is 446 g/mol. The van der Waals surface area contributed by atoms with Gasteiger partial charge in [-0.2, -0.15) is 0 Å². The van der Waals surface area contributed by atoms with Gasteiger partial charge in [0.15, 0.2) is 5.78 Å². The lowest BCUT2D eigenvalue weighted by molar-refractivity contribution is -0.116. The lowest BCUT2D eigenvalue weighted by atomic mass is 10.0. The molecule has 0 bridgehead atoms. The predicted octanol–water partition coefficient (Wildman–Crippen LogP) is 3.98. The topological polar surface area (TPSA) is 99.5 Å². The van der Waals surface area contributed by atoms with Gasteiger partial charge in [0.1, 0.15) is 23.7 Å². The highest BCUT2D eigenvalue weighted by molar-refractivity contribution is 6.10. The number of amides is 1. The van der Waals surface area contributed by atoms with Crippen LogP contribution in [0.2, 0.25) is 0 Å². The van der Waals surface area contributed by atoms with E-state index >= 15 is 0 Å². The van der Waals surface area contributed by atoms with Crippen LogP contribution in [0.25, 0.3) is 11.0 Å². The number of hydrogen-bond acceptors (Lipinski definition) is 6. The Morgan fingerprint density at radius 2 is 1.80 bits per heavy atom. The Bertz CT molecular complexity index is 1460. The van der Waals surface area contributed by atoms with Gasteiger partial charge >= 0.3 is 0 Å². The number of carbonyl (C=O) groups excluding carboxylic acids is 2. The van der Waals surface area contributed by atoms with Gasteiger partial charge in [0.05, 0.1) is 24.7 Å². The Hall–Kier alpha value is -4.46. The minimum absolute atomic E-state index is 0.0507. The fraction of sp³-hybridized carbons (Fsp3) is 0.185. The fourth-order valence-electron chi connectivity index (χ4n) is 3.72. The molecule has 4 aromatic rings. The third kappa shape index (κ3) is 5.22. The van der Waals surface area contributed by atoms with E-state index in [0.717, 1.165) is 0 Å². The Morgan fingerprint density at radius 3 is 2.51 bits per heavy atom. The summed E-state index contributed by atoms with van der Waals surface area (Å²) in [6.45, 7) is 4.10. The molecule has 0 aliphatic heterocycles. The van der Waals surface area contributed by atoms with Crippen molar-refractivity contribution in [3.05, 3.63) is 93.9 Å². The first-order chi connectivity index (χ1) is 16.9. The number of carbonyl (C=O) groups is 2. The maximum absolute atomic E-state index is 13.3. The van der Waals surface area contributed by atoms with Gasteiger partial charge < -0.3 is 19.4 Å². The monoisotopic (exact) mass is 471 g/mol. The fourth-order valence-corrected chi connectivity index (χ4v) is 3.72. The molecule has 0 fully saturated rings. The molecule has 2 aromatic carbocycles. The highest BCUT2D eigenvalue weighted by Gasteiger charge is 2.19. The number of nitrogens with zero attached hydrogens (tertiary/aromatic N) is 2. The summed E-state index contributed by atoms with van der Waals surface area (Å²) in [6, 6.07) is 16.9. The van der Waals surface area contributed by atoms with E-state index in [1.165, 1.54) is 17.9 Å². The van der Waals surface area contributed by atoms with Crippen molar-refractivity contribution >= 4 is 28.4 Å². The predicted molar refractivity (Wildman–Crippen MR) is 133 cm³/mol. The number of fused-ring (bicyclic) bond motifs is 1. The zero-order chi connectivity index (χ0) is 24.9. The van der Waals surface area contributed by atoms with Crippen molar-refractivity contribution in [2.75, 3.05) is 19.0 Å². The van der Waals surface area contributed by atoms with Crippen molar-refractivity contribution < 1.29 is 19.1 Å². The van der Waals surface area contributed by atoms with E-state index in [9.17, 15) is 14.4 Å². The number of anilines is 1. The van der Waals surface area contributed by atoms with Crippen molar-refractivity contribution in [1.82, 2.24) is 9.55 Å². The minimum atomic E-state index is -0.461. The number of benzene rings is 2. The lowest BCUT2D eigenvalue weighted by Gasteiger charge is -2.14. The maximum atomic E-state index is 13.3. The number of ether oxygens (including phenoxy) is 2. The van der Waals surface area contributed by atoms with Crippen LogP contribution in [-0.2, 0) is 11.3 Å². The van der Waals surface area contributed by atoms with E-state index in [2.05, 4.69) is 10.3 Å². The average Bonchev–Trinajstić information content (AvgIpc) is 2.86. The van der Waals surface area contributed by atoms with E-state index < -0.39 is 11.2 Å².